The van der Waals surface area contributed by atoms with Crippen LogP contribution in [0.15, 0.2) is 17.5 Å². The summed E-state index contributed by atoms with van der Waals surface area (Å²) in [5.41, 5.74) is 0. The minimum Gasteiger partial charge on any atom is -0.378 e. The van der Waals surface area contributed by atoms with E-state index in [9.17, 15) is 4.79 Å². The highest BCUT2D eigenvalue weighted by atomic mass is 35.5. The van der Waals surface area contributed by atoms with Crippen molar-refractivity contribution in [3.63, 3.8) is 0 Å². The molecular weight excluding hydrogens is 284 g/mol. The van der Waals surface area contributed by atoms with E-state index < -0.39 is 0 Å². The maximum atomic E-state index is 11.9. The second-order valence-electron chi connectivity index (χ2n) is 4.72. The van der Waals surface area contributed by atoms with E-state index >= 15 is 0 Å². The van der Waals surface area contributed by atoms with Gasteiger partial charge < -0.3 is 15.4 Å². The fourth-order valence-corrected chi connectivity index (χ4v) is 2.85. The molecule has 2 rings (SSSR count). The molecule has 1 saturated heterocycles. The molecule has 0 aliphatic carbocycles. The van der Waals surface area contributed by atoms with Gasteiger partial charge in [0.15, 0.2) is 0 Å². The van der Waals surface area contributed by atoms with E-state index in [1.807, 2.05) is 0 Å². The Bertz CT molecular complexity index is 367. The molecule has 2 heterocycles. The van der Waals surface area contributed by atoms with Crippen LogP contribution >= 0.6 is 23.7 Å². The molecule has 1 aromatic heterocycles. The fraction of sp³-hybridized carbons (Fsp3) is 0.615. The van der Waals surface area contributed by atoms with Gasteiger partial charge in [-0.15, -0.1) is 23.7 Å². The van der Waals surface area contributed by atoms with Crippen LogP contribution in [-0.4, -0.2) is 38.3 Å². The van der Waals surface area contributed by atoms with Crippen LogP contribution in [0.25, 0.3) is 0 Å². The van der Waals surface area contributed by atoms with Gasteiger partial charge >= 0.3 is 0 Å². The van der Waals surface area contributed by atoms with Crippen molar-refractivity contribution < 1.29 is 9.53 Å². The second-order valence-corrected chi connectivity index (χ2v) is 5.75. The van der Waals surface area contributed by atoms with Crippen molar-refractivity contribution in [3.8, 4) is 0 Å². The molecule has 6 heteroatoms. The molecule has 1 fully saturated rings. The van der Waals surface area contributed by atoms with Gasteiger partial charge in [-0.1, -0.05) is 13.0 Å². The summed E-state index contributed by atoms with van der Waals surface area (Å²) < 4.78 is 5.27. The number of ether oxygens (including phenoxy) is 1. The average Bonchev–Trinajstić information content (AvgIpc) is 2.90. The average molecular weight is 305 g/mol. The number of thiophene rings is 1. The number of halogens is 1. The van der Waals surface area contributed by atoms with Gasteiger partial charge in [-0.25, -0.2) is 0 Å². The molecule has 2 atom stereocenters. The Kier molecular flexibility index (Phi) is 7.38. The molecule has 1 amide bonds. The quantitative estimate of drug-likeness (QED) is 0.866. The number of hydrogen-bond donors (Lipinski definition) is 2. The Hall–Kier alpha value is -0.620. The summed E-state index contributed by atoms with van der Waals surface area (Å²) in [6.45, 7) is 4.80. The molecule has 1 aromatic rings. The van der Waals surface area contributed by atoms with Gasteiger partial charge in [0.05, 0.1) is 13.2 Å². The highest BCUT2D eigenvalue weighted by Crippen LogP contribution is 2.13. The highest BCUT2D eigenvalue weighted by molar-refractivity contribution is 7.09. The minimum absolute atomic E-state index is 0. The summed E-state index contributed by atoms with van der Waals surface area (Å²) in [5, 5.41) is 8.23. The van der Waals surface area contributed by atoms with Crippen LogP contribution < -0.4 is 10.6 Å². The maximum Gasteiger partial charge on any atom is 0.239 e. The van der Waals surface area contributed by atoms with Crippen LogP contribution in [0.5, 0.6) is 0 Å². The number of nitrogens with one attached hydrogen (secondary N) is 2. The number of rotatable bonds is 5. The van der Waals surface area contributed by atoms with Gasteiger partial charge in [-0.05, 0) is 23.8 Å². The van der Waals surface area contributed by atoms with E-state index in [1.165, 1.54) is 4.88 Å². The molecule has 0 bridgehead atoms. The monoisotopic (exact) mass is 304 g/mol. The van der Waals surface area contributed by atoms with E-state index in [-0.39, 0.29) is 24.4 Å². The van der Waals surface area contributed by atoms with Crippen LogP contribution in [0.4, 0.5) is 0 Å². The molecule has 4 nitrogen and oxygen atoms in total. The molecule has 0 radical (unpaired) electrons. The van der Waals surface area contributed by atoms with Crippen LogP contribution in [0, 0.1) is 5.92 Å². The van der Waals surface area contributed by atoms with Gasteiger partial charge in [-0.2, -0.15) is 0 Å². The zero-order valence-electron chi connectivity index (χ0n) is 11.1. The van der Waals surface area contributed by atoms with Crippen LogP contribution in [-0.2, 0) is 16.0 Å². The standard InChI is InChI=1S/C13H20N2O2S.ClH/c1-10(7-11-3-2-6-18-11)8-15-13(16)12-9-17-5-4-14-12;/h2-3,6,10,12,14H,4-5,7-9H2,1H3,(H,15,16);1H. The zero-order valence-corrected chi connectivity index (χ0v) is 12.7. The second kappa shape index (κ2) is 8.53. The van der Waals surface area contributed by atoms with Gasteiger partial charge in [0, 0.05) is 18.0 Å². The lowest BCUT2D eigenvalue weighted by Gasteiger charge is -2.23. The SMILES string of the molecule is CC(CNC(=O)C1COCCN1)Cc1cccs1.Cl. The maximum absolute atomic E-state index is 11.9. The fourth-order valence-electron chi connectivity index (χ4n) is 1.98. The molecule has 19 heavy (non-hydrogen) atoms. The third-order valence-electron chi connectivity index (χ3n) is 2.99. The number of hydrogen-bond acceptors (Lipinski definition) is 4. The molecule has 0 spiro atoms. The lowest BCUT2D eigenvalue weighted by molar-refractivity contribution is -0.126. The summed E-state index contributed by atoms with van der Waals surface area (Å²) in [4.78, 5) is 13.2. The predicted octanol–water partition coefficient (Wildman–Crippen LogP) is 1.45. The Labute approximate surface area is 124 Å². The zero-order chi connectivity index (χ0) is 12.8. The first kappa shape index (κ1) is 16.4. The molecule has 2 N–H and O–H groups in total. The van der Waals surface area contributed by atoms with Crippen LogP contribution in [0.3, 0.4) is 0 Å². The number of carbonyl (C=O) groups is 1. The van der Waals surface area contributed by atoms with Crippen molar-refractivity contribution >= 4 is 29.7 Å². The molecule has 108 valence electrons. The normalized spacial score (nSPS) is 20.4. The Morgan fingerprint density at radius 3 is 3.16 bits per heavy atom. The summed E-state index contributed by atoms with van der Waals surface area (Å²) in [6, 6.07) is 4.02. The van der Waals surface area contributed by atoms with E-state index in [1.54, 1.807) is 11.3 Å². The molecule has 0 saturated carbocycles. The first-order chi connectivity index (χ1) is 8.75. The first-order valence-corrected chi connectivity index (χ1v) is 7.25. The Balaban J connectivity index is 0.00000180. The van der Waals surface area contributed by atoms with Gasteiger partial charge in [0.1, 0.15) is 6.04 Å². The van der Waals surface area contributed by atoms with E-state index in [0.29, 0.717) is 19.1 Å². The molecule has 2 unspecified atom stereocenters. The van der Waals surface area contributed by atoms with E-state index in [0.717, 1.165) is 19.5 Å². The van der Waals surface area contributed by atoms with Crippen molar-refractivity contribution in [2.75, 3.05) is 26.3 Å². The smallest absolute Gasteiger partial charge is 0.239 e. The van der Waals surface area contributed by atoms with Crippen molar-refractivity contribution in [3.05, 3.63) is 22.4 Å². The number of amides is 1. The predicted molar refractivity (Wildman–Crippen MR) is 80.1 cm³/mol. The summed E-state index contributed by atoms with van der Waals surface area (Å²) in [5.74, 6) is 0.504. The van der Waals surface area contributed by atoms with Gasteiger partial charge in [0.2, 0.25) is 5.91 Å². The molecule has 0 aromatic carbocycles. The topological polar surface area (TPSA) is 50.4 Å². The Morgan fingerprint density at radius 1 is 1.68 bits per heavy atom. The molecule has 1 aliphatic heterocycles. The summed E-state index contributed by atoms with van der Waals surface area (Å²) >= 11 is 1.77. The van der Waals surface area contributed by atoms with E-state index in [4.69, 9.17) is 4.74 Å². The first-order valence-electron chi connectivity index (χ1n) is 6.37. The number of carbonyl (C=O) groups excluding carboxylic acids is 1. The van der Waals surface area contributed by atoms with Crippen molar-refractivity contribution in [1.29, 1.82) is 0 Å². The largest absolute Gasteiger partial charge is 0.378 e. The molecule has 1 aliphatic rings. The van der Waals surface area contributed by atoms with Gasteiger partial charge in [-0.3, -0.25) is 4.79 Å². The Morgan fingerprint density at radius 2 is 2.53 bits per heavy atom. The molecular formula is C13H21ClN2O2S. The third-order valence-corrected chi connectivity index (χ3v) is 3.89. The van der Waals surface area contributed by atoms with Crippen LogP contribution in [0.1, 0.15) is 11.8 Å². The van der Waals surface area contributed by atoms with Gasteiger partial charge in [0.25, 0.3) is 0 Å². The van der Waals surface area contributed by atoms with E-state index in [2.05, 4.69) is 35.1 Å². The summed E-state index contributed by atoms with van der Waals surface area (Å²) in [7, 11) is 0. The third kappa shape index (κ3) is 5.48. The lowest BCUT2D eigenvalue weighted by Crippen LogP contribution is -2.51. The van der Waals surface area contributed by atoms with Crippen molar-refractivity contribution in [2.24, 2.45) is 5.92 Å². The number of morpholine rings is 1. The van der Waals surface area contributed by atoms with Crippen molar-refractivity contribution in [1.82, 2.24) is 10.6 Å². The summed E-state index contributed by atoms with van der Waals surface area (Å²) in [6.07, 6.45) is 1.02. The lowest BCUT2D eigenvalue weighted by atomic mass is 10.1. The van der Waals surface area contributed by atoms with Crippen LogP contribution in [0.2, 0.25) is 0 Å². The minimum atomic E-state index is -0.187. The highest BCUT2D eigenvalue weighted by Gasteiger charge is 2.21. The van der Waals surface area contributed by atoms with Crippen molar-refractivity contribution in [2.45, 2.75) is 19.4 Å².